The zero-order valence-electron chi connectivity index (χ0n) is 11.2. The summed E-state index contributed by atoms with van der Waals surface area (Å²) in [4.78, 5) is 0. The monoisotopic (exact) mass is 362 g/mol. The SMILES string of the molecule is Cc1cc(Cl)ccc1-c1noc(N)c1-c1cccc(Br)c1. The average Bonchev–Trinajstić information content (AvgIpc) is 2.80. The Balaban J connectivity index is 2.22. The predicted octanol–water partition coefficient (Wildman–Crippen LogP) is 5.32. The number of nitrogens with zero attached hydrogens (tertiary/aromatic N) is 1. The average molecular weight is 364 g/mol. The van der Waals surface area contributed by atoms with Crippen LogP contribution < -0.4 is 5.73 Å². The molecule has 3 rings (SSSR count). The normalized spacial score (nSPS) is 10.8. The van der Waals surface area contributed by atoms with Gasteiger partial charge in [-0.3, -0.25) is 0 Å². The van der Waals surface area contributed by atoms with Crippen molar-refractivity contribution in [1.82, 2.24) is 5.16 Å². The number of hydrogen-bond acceptors (Lipinski definition) is 3. The molecule has 0 saturated heterocycles. The molecular weight excluding hydrogens is 352 g/mol. The van der Waals surface area contributed by atoms with E-state index in [4.69, 9.17) is 21.9 Å². The van der Waals surface area contributed by atoms with Crippen molar-refractivity contribution in [1.29, 1.82) is 0 Å². The zero-order valence-corrected chi connectivity index (χ0v) is 13.6. The third kappa shape index (κ3) is 2.69. The van der Waals surface area contributed by atoms with Crippen LogP contribution in [0.2, 0.25) is 5.02 Å². The van der Waals surface area contributed by atoms with E-state index in [1.54, 1.807) is 0 Å². The van der Waals surface area contributed by atoms with Gasteiger partial charge in [0.15, 0.2) is 0 Å². The van der Waals surface area contributed by atoms with Gasteiger partial charge in [-0.05, 0) is 42.3 Å². The maximum absolute atomic E-state index is 6.01. The molecule has 2 aromatic carbocycles. The number of halogens is 2. The zero-order chi connectivity index (χ0) is 15.0. The van der Waals surface area contributed by atoms with Crippen LogP contribution >= 0.6 is 27.5 Å². The van der Waals surface area contributed by atoms with Gasteiger partial charge < -0.3 is 10.3 Å². The molecule has 1 aromatic heterocycles. The lowest BCUT2D eigenvalue weighted by molar-refractivity contribution is 0.439. The molecule has 0 atom stereocenters. The lowest BCUT2D eigenvalue weighted by Crippen LogP contribution is -1.89. The van der Waals surface area contributed by atoms with Gasteiger partial charge in [-0.1, -0.05) is 50.9 Å². The third-order valence-corrected chi connectivity index (χ3v) is 4.00. The van der Waals surface area contributed by atoms with E-state index in [1.165, 1.54) is 0 Å². The number of hydrogen-bond donors (Lipinski definition) is 1. The van der Waals surface area contributed by atoms with Crippen LogP contribution in [0, 0.1) is 6.92 Å². The van der Waals surface area contributed by atoms with Crippen LogP contribution in [-0.4, -0.2) is 5.16 Å². The molecule has 1 heterocycles. The van der Waals surface area contributed by atoms with Crippen LogP contribution in [0.15, 0.2) is 51.5 Å². The lowest BCUT2D eigenvalue weighted by atomic mass is 9.98. The molecular formula is C16H12BrClN2O. The number of benzene rings is 2. The second-order valence-electron chi connectivity index (χ2n) is 4.74. The van der Waals surface area contributed by atoms with Gasteiger partial charge in [-0.25, -0.2) is 0 Å². The molecule has 0 unspecified atom stereocenters. The Morgan fingerprint density at radius 2 is 2.00 bits per heavy atom. The highest BCUT2D eigenvalue weighted by molar-refractivity contribution is 9.10. The summed E-state index contributed by atoms with van der Waals surface area (Å²) >= 11 is 9.48. The van der Waals surface area contributed by atoms with Crippen molar-refractivity contribution in [3.8, 4) is 22.4 Å². The Morgan fingerprint density at radius 1 is 1.19 bits per heavy atom. The molecule has 2 N–H and O–H groups in total. The predicted molar refractivity (Wildman–Crippen MR) is 89.2 cm³/mol. The second kappa shape index (κ2) is 5.54. The summed E-state index contributed by atoms with van der Waals surface area (Å²) in [7, 11) is 0. The highest BCUT2D eigenvalue weighted by Crippen LogP contribution is 2.38. The standard InChI is InChI=1S/C16H12BrClN2O/c1-9-7-12(18)5-6-13(9)15-14(16(19)21-20-15)10-3-2-4-11(17)8-10/h2-8H,19H2,1H3. The minimum atomic E-state index is 0.303. The fourth-order valence-electron chi connectivity index (χ4n) is 2.30. The Hall–Kier alpha value is -1.78. The highest BCUT2D eigenvalue weighted by Gasteiger charge is 2.19. The van der Waals surface area contributed by atoms with E-state index in [0.717, 1.165) is 32.4 Å². The smallest absolute Gasteiger partial charge is 0.230 e. The van der Waals surface area contributed by atoms with Crippen molar-refractivity contribution in [2.75, 3.05) is 5.73 Å². The summed E-state index contributed by atoms with van der Waals surface area (Å²) in [6.45, 7) is 1.98. The van der Waals surface area contributed by atoms with Gasteiger partial charge in [0.1, 0.15) is 5.69 Å². The number of aromatic nitrogens is 1. The summed E-state index contributed by atoms with van der Waals surface area (Å²) in [6, 6.07) is 13.5. The van der Waals surface area contributed by atoms with Crippen LogP contribution in [0.4, 0.5) is 5.88 Å². The van der Waals surface area contributed by atoms with Gasteiger partial charge >= 0.3 is 0 Å². The molecule has 3 aromatic rings. The lowest BCUT2D eigenvalue weighted by Gasteiger charge is -2.06. The first-order valence-electron chi connectivity index (χ1n) is 6.34. The fraction of sp³-hybridized carbons (Fsp3) is 0.0625. The van der Waals surface area contributed by atoms with Crippen molar-refractivity contribution >= 4 is 33.4 Å². The molecule has 0 saturated carbocycles. The van der Waals surface area contributed by atoms with Crippen LogP contribution in [0.5, 0.6) is 0 Å². The number of nitrogens with two attached hydrogens (primary N) is 1. The van der Waals surface area contributed by atoms with E-state index in [1.807, 2.05) is 49.4 Å². The van der Waals surface area contributed by atoms with Gasteiger partial charge in [0.2, 0.25) is 5.88 Å². The Morgan fingerprint density at radius 3 is 2.71 bits per heavy atom. The first-order chi connectivity index (χ1) is 10.1. The van der Waals surface area contributed by atoms with Crippen molar-refractivity contribution < 1.29 is 4.52 Å². The molecule has 5 heteroatoms. The Labute approximate surface area is 135 Å². The molecule has 0 aliphatic heterocycles. The maximum atomic E-state index is 6.01. The Bertz CT molecular complexity index is 814. The van der Waals surface area contributed by atoms with Crippen LogP contribution in [0.1, 0.15) is 5.56 Å². The topological polar surface area (TPSA) is 52.0 Å². The second-order valence-corrected chi connectivity index (χ2v) is 6.09. The first-order valence-corrected chi connectivity index (χ1v) is 7.51. The summed E-state index contributed by atoms with van der Waals surface area (Å²) in [6.07, 6.45) is 0. The number of nitrogen functional groups attached to an aromatic ring is 1. The van der Waals surface area contributed by atoms with E-state index >= 15 is 0 Å². The first kappa shape index (κ1) is 14.2. The van der Waals surface area contributed by atoms with Crippen LogP contribution in [-0.2, 0) is 0 Å². The van der Waals surface area contributed by atoms with Gasteiger partial charge in [-0.15, -0.1) is 0 Å². The molecule has 0 aliphatic rings. The van der Waals surface area contributed by atoms with Gasteiger partial charge in [0.25, 0.3) is 0 Å². The summed E-state index contributed by atoms with van der Waals surface area (Å²) in [5.41, 5.74) is 10.4. The molecule has 0 aliphatic carbocycles. The highest BCUT2D eigenvalue weighted by atomic mass is 79.9. The molecule has 0 amide bonds. The quantitative estimate of drug-likeness (QED) is 0.671. The summed E-state index contributed by atoms with van der Waals surface area (Å²) in [5, 5.41) is 4.82. The fourth-order valence-corrected chi connectivity index (χ4v) is 2.93. The molecule has 0 fully saturated rings. The summed E-state index contributed by atoms with van der Waals surface area (Å²) < 4.78 is 6.18. The number of rotatable bonds is 2. The third-order valence-electron chi connectivity index (χ3n) is 3.28. The minimum Gasteiger partial charge on any atom is -0.367 e. The summed E-state index contributed by atoms with van der Waals surface area (Å²) in [5.74, 6) is 0.303. The van der Waals surface area contributed by atoms with E-state index in [2.05, 4.69) is 21.1 Å². The maximum Gasteiger partial charge on any atom is 0.230 e. The Kier molecular flexibility index (Phi) is 3.74. The molecule has 0 spiro atoms. The van der Waals surface area contributed by atoms with Gasteiger partial charge in [-0.2, -0.15) is 0 Å². The van der Waals surface area contributed by atoms with Crippen molar-refractivity contribution in [2.45, 2.75) is 6.92 Å². The molecule has 106 valence electrons. The van der Waals surface area contributed by atoms with Crippen molar-refractivity contribution in [3.63, 3.8) is 0 Å². The molecule has 21 heavy (non-hydrogen) atoms. The van der Waals surface area contributed by atoms with Crippen LogP contribution in [0.3, 0.4) is 0 Å². The van der Waals surface area contributed by atoms with Gasteiger partial charge in [0, 0.05) is 15.1 Å². The van der Waals surface area contributed by atoms with Crippen molar-refractivity contribution in [2.24, 2.45) is 0 Å². The van der Waals surface area contributed by atoms with E-state index in [0.29, 0.717) is 10.9 Å². The molecule has 0 bridgehead atoms. The molecule has 3 nitrogen and oxygen atoms in total. The van der Waals surface area contributed by atoms with E-state index in [9.17, 15) is 0 Å². The largest absolute Gasteiger partial charge is 0.367 e. The van der Waals surface area contributed by atoms with Crippen molar-refractivity contribution in [3.05, 3.63) is 57.5 Å². The van der Waals surface area contributed by atoms with Crippen LogP contribution in [0.25, 0.3) is 22.4 Å². The van der Waals surface area contributed by atoms with Gasteiger partial charge in [0.05, 0.1) is 5.56 Å². The van der Waals surface area contributed by atoms with E-state index in [-0.39, 0.29) is 0 Å². The number of aryl methyl sites for hydroxylation is 1. The van der Waals surface area contributed by atoms with E-state index < -0.39 is 0 Å². The number of anilines is 1. The minimum absolute atomic E-state index is 0.303. The molecule has 0 radical (unpaired) electrons.